The molecule has 0 radical (unpaired) electrons. The number of nitrogens with zero attached hydrogens (tertiary/aromatic N) is 2. The van der Waals surface area contributed by atoms with E-state index in [1.807, 2.05) is 20.8 Å². The third kappa shape index (κ3) is 4.39. The monoisotopic (exact) mass is 377 g/mol. The molecule has 0 aliphatic rings. The van der Waals surface area contributed by atoms with Gasteiger partial charge < -0.3 is 5.32 Å². The predicted molar refractivity (Wildman–Crippen MR) is 102 cm³/mol. The number of hydrogen-bond acceptors (Lipinski definition) is 5. The van der Waals surface area contributed by atoms with Gasteiger partial charge in [-0.2, -0.15) is 4.31 Å². The summed E-state index contributed by atoms with van der Waals surface area (Å²) in [6.45, 7) is 6.42. The first-order valence-electron chi connectivity index (χ1n) is 8.40. The van der Waals surface area contributed by atoms with E-state index in [9.17, 15) is 18.5 Å². The molecule has 0 amide bonds. The molecule has 1 atom stereocenters. The molecule has 0 spiro atoms. The van der Waals surface area contributed by atoms with Crippen LogP contribution in [0.2, 0.25) is 0 Å². The standard InChI is InChI=1S/C18H23N3O4S/c1-4-20(5-2)26(24,25)18-12-6-15(7-13-18)14(3)19-16-8-10-17(11-9-16)21(22)23/h6-14,19H,4-5H2,1-3H3. The van der Waals surface area contributed by atoms with Crippen LogP contribution in [0.15, 0.2) is 53.4 Å². The van der Waals surface area contributed by atoms with Gasteiger partial charge in [0.2, 0.25) is 10.0 Å². The number of nitro benzene ring substituents is 1. The highest BCUT2D eigenvalue weighted by Gasteiger charge is 2.21. The second-order valence-electron chi connectivity index (χ2n) is 5.83. The summed E-state index contributed by atoms with van der Waals surface area (Å²) in [5.41, 5.74) is 1.71. The molecule has 7 nitrogen and oxygen atoms in total. The summed E-state index contributed by atoms with van der Waals surface area (Å²) in [7, 11) is -3.47. The maximum atomic E-state index is 12.5. The van der Waals surface area contributed by atoms with Crippen LogP contribution in [-0.4, -0.2) is 30.7 Å². The van der Waals surface area contributed by atoms with E-state index in [0.717, 1.165) is 11.3 Å². The number of non-ortho nitro benzene ring substituents is 1. The van der Waals surface area contributed by atoms with Gasteiger partial charge in [-0.3, -0.25) is 10.1 Å². The van der Waals surface area contributed by atoms with Gasteiger partial charge in [-0.25, -0.2) is 8.42 Å². The fourth-order valence-electron chi connectivity index (χ4n) is 2.65. The Kier molecular flexibility index (Phi) is 6.33. The average Bonchev–Trinajstić information content (AvgIpc) is 2.63. The zero-order valence-corrected chi connectivity index (χ0v) is 15.9. The van der Waals surface area contributed by atoms with Crippen molar-refractivity contribution < 1.29 is 13.3 Å². The molecule has 0 saturated heterocycles. The van der Waals surface area contributed by atoms with Gasteiger partial charge in [0.05, 0.1) is 9.82 Å². The number of anilines is 1. The van der Waals surface area contributed by atoms with Gasteiger partial charge in [0.15, 0.2) is 0 Å². The molecular weight excluding hydrogens is 354 g/mol. The van der Waals surface area contributed by atoms with E-state index < -0.39 is 14.9 Å². The number of hydrogen-bond donors (Lipinski definition) is 1. The van der Waals surface area contributed by atoms with E-state index in [4.69, 9.17) is 0 Å². The lowest BCUT2D eigenvalue weighted by molar-refractivity contribution is -0.384. The van der Waals surface area contributed by atoms with Crippen LogP contribution >= 0.6 is 0 Å². The average molecular weight is 377 g/mol. The van der Waals surface area contributed by atoms with Crippen molar-refractivity contribution in [3.63, 3.8) is 0 Å². The summed E-state index contributed by atoms with van der Waals surface area (Å²) in [6, 6.07) is 12.9. The van der Waals surface area contributed by atoms with Crippen molar-refractivity contribution in [3.05, 3.63) is 64.2 Å². The zero-order chi connectivity index (χ0) is 19.3. The lowest BCUT2D eigenvalue weighted by atomic mass is 10.1. The third-order valence-electron chi connectivity index (χ3n) is 4.18. The van der Waals surface area contributed by atoms with Gasteiger partial charge in [-0.1, -0.05) is 26.0 Å². The molecule has 1 N–H and O–H groups in total. The summed E-state index contributed by atoms with van der Waals surface area (Å²) in [6.07, 6.45) is 0. The van der Waals surface area contributed by atoms with Crippen LogP contribution in [-0.2, 0) is 10.0 Å². The first-order valence-corrected chi connectivity index (χ1v) is 9.84. The molecule has 0 bridgehead atoms. The molecule has 26 heavy (non-hydrogen) atoms. The molecule has 2 aromatic carbocycles. The van der Waals surface area contributed by atoms with E-state index in [1.165, 1.54) is 16.4 Å². The van der Waals surface area contributed by atoms with Crippen LogP contribution in [0.25, 0.3) is 0 Å². The van der Waals surface area contributed by atoms with E-state index in [-0.39, 0.29) is 16.6 Å². The highest BCUT2D eigenvalue weighted by Crippen LogP contribution is 2.23. The predicted octanol–water partition coefficient (Wildman–Crippen LogP) is 3.80. The van der Waals surface area contributed by atoms with Crippen molar-refractivity contribution in [2.75, 3.05) is 18.4 Å². The van der Waals surface area contributed by atoms with Crippen LogP contribution in [0.5, 0.6) is 0 Å². The number of benzene rings is 2. The quantitative estimate of drug-likeness (QED) is 0.558. The summed E-state index contributed by atoms with van der Waals surface area (Å²) in [5.74, 6) is 0. The molecule has 0 fully saturated rings. The molecular formula is C18H23N3O4S. The van der Waals surface area contributed by atoms with Gasteiger partial charge in [0.25, 0.3) is 5.69 Å². The molecule has 1 unspecified atom stereocenters. The van der Waals surface area contributed by atoms with Crippen molar-refractivity contribution in [2.24, 2.45) is 0 Å². The van der Waals surface area contributed by atoms with Crippen molar-refractivity contribution in [2.45, 2.75) is 31.7 Å². The fourth-order valence-corrected chi connectivity index (χ4v) is 4.11. The van der Waals surface area contributed by atoms with E-state index >= 15 is 0 Å². The Morgan fingerprint density at radius 1 is 1.04 bits per heavy atom. The van der Waals surface area contributed by atoms with Crippen molar-refractivity contribution in [1.82, 2.24) is 4.31 Å². The van der Waals surface area contributed by atoms with E-state index in [0.29, 0.717) is 13.1 Å². The number of nitrogens with one attached hydrogen (secondary N) is 1. The molecule has 2 aromatic rings. The number of sulfonamides is 1. The summed E-state index contributed by atoms with van der Waals surface area (Å²) in [4.78, 5) is 10.5. The van der Waals surface area contributed by atoms with Crippen LogP contribution in [0.3, 0.4) is 0 Å². The largest absolute Gasteiger partial charge is 0.379 e. The van der Waals surface area contributed by atoms with Crippen molar-refractivity contribution in [1.29, 1.82) is 0 Å². The molecule has 140 valence electrons. The molecule has 0 aliphatic carbocycles. The highest BCUT2D eigenvalue weighted by atomic mass is 32.2. The van der Waals surface area contributed by atoms with Crippen LogP contribution in [0.1, 0.15) is 32.4 Å². The zero-order valence-electron chi connectivity index (χ0n) is 15.0. The fraction of sp³-hybridized carbons (Fsp3) is 0.333. The van der Waals surface area contributed by atoms with E-state index in [2.05, 4.69) is 5.32 Å². The normalized spacial score (nSPS) is 12.8. The van der Waals surface area contributed by atoms with Gasteiger partial charge in [-0.05, 0) is 36.8 Å². The Morgan fingerprint density at radius 3 is 2.04 bits per heavy atom. The second-order valence-corrected chi connectivity index (χ2v) is 7.77. The molecule has 2 rings (SSSR count). The first-order chi connectivity index (χ1) is 12.3. The minimum atomic E-state index is -3.47. The van der Waals surface area contributed by atoms with Crippen LogP contribution in [0, 0.1) is 10.1 Å². The smallest absolute Gasteiger partial charge is 0.269 e. The molecule has 0 aliphatic heterocycles. The highest BCUT2D eigenvalue weighted by molar-refractivity contribution is 7.89. The first kappa shape index (κ1) is 19.9. The Hall–Kier alpha value is -2.45. The molecule has 0 heterocycles. The van der Waals surface area contributed by atoms with Gasteiger partial charge in [0, 0.05) is 37.0 Å². The Labute approximate surface area is 153 Å². The van der Waals surface area contributed by atoms with Crippen molar-refractivity contribution >= 4 is 21.4 Å². The third-order valence-corrected chi connectivity index (χ3v) is 6.25. The minimum Gasteiger partial charge on any atom is -0.379 e. The maximum absolute atomic E-state index is 12.5. The molecule has 0 saturated carbocycles. The molecule has 8 heteroatoms. The van der Waals surface area contributed by atoms with Crippen LogP contribution < -0.4 is 5.32 Å². The van der Waals surface area contributed by atoms with Gasteiger partial charge >= 0.3 is 0 Å². The number of nitro groups is 1. The van der Waals surface area contributed by atoms with Crippen LogP contribution in [0.4, 0.5) is 11.4 Å². The SMILES string of the molecule is CCN(CC)S(=O)(=O)c1ccc(C(C)Nc2ccc([N+](=O)[O-])cc2)cc1. The summed E-state index contributed by atoms with van der Waals surface area (Å²) < 4.78 is 26.4. The Morgan fingerprint density at radius 2 is 1.58 bits per heavy atom. The van der Waals surface area contributed by atoms with Crippen molar-refractivity contribution in [3.8, 4) is 0 Å². The summed E-state index contributed by atoms with van der Waals surface area (Å²) >= 11 is 0. The van der Waals surface area contributed by atoms with Gasteiger partial charge in [-0.15, -0.1) is 0 Å². The lowest BCUT2D eigenvalue weighted by Gasteiger charge is -2.19. The number of rotatable bonds is 8. The Bertz CT molecular complexity index is 845. The maximum Gasteiger partial charge on any atom is 0.269 e. The Balaban J connectivity index is 2.13. The summed E-state index contributed by atoms with van der Waals surface area (Å²) in [5, 5.41) is 13.9. The van der Waals surface area contributed by atoms with E-state index in [1.54, 1.807) is 36.4 Å². The minimum absolute atomic E-state index is 0.0363. The van der Waals surface area contributed by atoms with Gasteiger partial charge in [0.1, 0.15) is 0 Å². The lowest BCUT2D eigenvalue weighted by Crippen LogP contribution is -2.30. The second kappa shape index (κ2) is 8.29. The molecule has 0 aromatic heterocycles. The topological polar surface area (TPSA) is 92.6 Å².